The van der Waals surface area contributed by atoms with Crippen LogP contribution in [0.4, 0.5) is 0 Å². The fraction of sp³-hybridized carbons (Fsp3) is 0.667. The van der Waals surface area contributed by atoms with E-state index in [0.717, 1.165) is 18.4 Å². The number of rotatable bonds is 4. The van der Waals surface area contributed by atoms with Gasteiger partial charge < -0.3 is 5.73 Å². The van der Waals surface area contributed by atoms with Crippen molar-refractivity contribution in [1.82, 2.24) is 0 Å². The third kappa shape index (κ3) is 3.48. The number of hydrogen-bond donors (Lipinski definition) is 1. The van der Waals surface area contributed by atoms with E-state index < -0.39 is 11.8 Å². The van der Waals surface area contributed by atoms with Crippen molar-refractivity contribution in [1.29, 1.82) is 5.26 Å². The average Bonchev–Trinajstić information content (AvgIpc) is 2.63. The van der Waals surface area contributed by atoms with Crippen LogP contribution in [0.25, 0.3) is 0 Å². The molecule has 0 aromatic rings. The zero-order valence-electron chi connectivity index (χ0n) is 11.1. The van der Waals surface area contributed by atoms with Gasteiger partial charge in [-0.3, -0.25) is 4.79 Å². The summed E-state index contributed by atoms with van der Waals surface area (Å²) in [7, 11) is 0. The summed E-state index contributed by atoms with van der Waals surface area (Å²) in [4.78, 5) is 11.5. The van der Waals surface area contributed by atoms with Crippen LogP contribution < -0.4 is 5.73 Å². The number of hydrogen-bond acceptors (Lipinski definition) is 2. The van der Waals surface area contributed by atoms with E-state index in [9.17, 15) is 10.1 Å². The van der Waals surface area contributed by atoms with Crippen molar-refractivity contribution < 1.29 is 4.79 Å². The van der Waals surface area contributed by atoms with Crippen molar-refractivity contribution in [3.05, 3.63) is 17.9 Å². The largest absolute Gasteiger partial charge is 0.369 e. The second-order valence-electron chi connectivity index (χ2n) is 5.15. The molecule has 2 atom stereocenters. The number of nitrogens with two attached hydrogens (primary N) is 1. The third-order valence-corrected chi connectivity index (χ3v) is 3.99. The summed E-state index contributed by atoms with van der Waals surface area (Å²) < 4.78 is 0. The normalized spacial score (nSPS) is 20.0. The molecule has 0 aromatic carbocycles. The van der Waals surface area contributed by atoms with E-state index in [1.165, 1.54) is 25.7 Å². The van der Waals surface area contributed by atoms with Crippen LogP contribution in [0.15, 0.2) is 17.9 Å². The van der Waals surface area contributed by atoms with E-state index in [0.29, 0.717) is 5.92 Å². The van der Waals surface area contributed by atoms with Gasteiger partial charge in [0.05, 0.1) is 6.07 Å². The molecule has 0 saturated heterocycles. The van der Waals surface area contributed by atoms with E-state index in [-0.39, 0.29) is 5.92 Å². The second kappa shape index (κ2) is 7.03. The number of carbonyl (C=O) groups excluding carboxylic acids is 1. The Morgan fingerprint density at radius 2 is 1.89 bits per heavy atom. The van der Waals surface area contributed by atoms with Crippen LogP contribution in [0, 0.1) is 29.1 Å². The SMILES string of the molecule is C=C=C(C)C(C1CCCCCC1)C(C#N)C(N)=O. The number of allylic oxidation sites excluding steroid dienone is 1. The Hall–Kier alpha value is -1.52. The monoisotopic (exact) mass is 246 g/mol. The maximum Gasteiger partial charge on any atom is 0.235 e. The van der Waals surface area contributed by atoms with E-state index in [2.05, 4.69) is 18.4 Å². The lowest BCUT2D eigenvalue weighted by Crippen LogP contribution is -2.33. The number of amides is 1. The Morgan fingerprint density at radius 1 is 1.33 bits per heavy atom. The lowest BCUT2D eigenvalue weighted by atomic mass is 9.74. The predicted molar refractivity (Wildman–Crippen MR) is 71.3 cm³/mol. The minimum Gasteiger partial charge on any atom is -0.369 e. The van der Waals surface area contributed by atoms with E-state index >= 15 is 0 Å². The Labute approximate surface area is 109 Å². The van der Waals surface area contributed by atoms with E-state index in [1.54, 1.807) is 0 Å². The van der Waals surface area contributed by atoms with Crippen LogP contribution in [0.5, 0.6) is 0 Å². The highest BCUT2D eigenvalue weighted by atomic mass is 16.1. The van der Waals surface area contributed by atoms with Crippen LogP contribution in [-0.2, 0) is 4.79 Å². The Balaban J connectivity index is 3.00. The van der Waals surface area contributed by atoms with Gasteiger partial charge in [-0.05, 0) is 31.3 Å². The quantitative estimate of drug-likeness (QED) is 0.612. The van der Waals surface area contributed by atoms with Gasteiger partial charge >= 0.3 is 0 Å². The summed E-state index contributed by atoms with van der Waals surface area (Å²) in [5.41, 5.74) is 9.12. The van der Waals surface area contributed by atoms with Gasteiger partial charge in [0.15, 0.2) is 0 Å². The molecule has 0 radical (unpaired) electrons. The van der Waals surface area contributed by atoms with Crippen LogP contribution in [0.2, 0.25) is 0 Å². The van der Waals surface area contributed by atoms with Gasteiger partial charge in [-0.25, -0.2) is 0 Å². The fourth-order valence-electron chi connectivity index (χ4n) is 2.98. The molecule has 1 fully saturated rings. The van der Waals surface area contributed by atoms with Crippen molar-refractivity contribution in [2.24, 2.45) is 23.5 Å². The van der Waals surface area contributed by atoms with Gasteiger partial charge in [-0.15, -0.1) is 5.73 Å². The molecule has 3 nitrogen and oxygen atoms in total. The average molecular weight is 246 g/mol. The first-order chi connectivity index (χ1) is 8.61. The van der Waals surface area contributed by atoms with E-state index in [4.69, 9.17) is 5.73 Å². The number of carbonyl (C=O) groups is 1. The molecule has 1 rings (SSSR count). The first-order valence-electron chi connectivity index (χ1n) is 6.67. The Kier molecular flexibility index (Phi) is 5.68. The molecular weight excluding hydrogens is 224 g/mol. The number of nitrogens with zero attached hydrogens (tertiary/aromatic N) is 1. The molecule has 0 bridgehead atoms. The molecule has 1 saturated carbocycles. The Morgan fingerprint density at radius 3 is 2.28 bits per heavy atom. The summed E-state index contributed by atoms with van der Waals surface area (Å²) in [6.07, 6.45) is 6.96. The van der Waals surface area contributed by atoms with E-state index in [1.807, 2.05) is 6.92 Å². The minimum atomic E-state index is -0.748. The zero-order valence-corrected chi connectivity index (χ0v) is 11.1. The molecular formula is C15H22N2O. The smallest absolute Gasteiger partial charge is 0.235 e. The summed E-state index contributed by atoms with van der Waals surface area (Å²) in [6.45, 7) is 5.55. The first-order valence-corrected chi connectivity index (χ1v) is 6.67. The van der Waals surface area contributed by atoms with Gasteiger partial charge in [0.2, 0.25) is 5.91 Å². The van der Waals surface area contributed by atoms with Gasteiger partial charge in [0, 0.05) is 5.92 Å². The molecule has 98 valence electrons. The topological polar surface area (TPSA) is 66.9 Å². The van der Waals surface area contributed by atoms with Gasteiger partial charge in [-0.2, -0.15) is 5.26 Å². The highest BCUT2D eigenvalue weighted by molar-refractivity contribution is 5.80. The maximum absolute atomic E-state index is 11.5. The molecule has 0 spiro atoms. The molecule has 2 N–H and O–H groups in total. The maximum atomic E-state index is 11.5. The standard InChI is InChI=1S/C15H22N2O/c1-3-11(2)14(13(10-16)15(17)18)12-8-6-4-5-7-9-12/h12-14H,1,4-9H2,2H3,(H2,17,18). The molecule has 18 heavy (non-hydrogen) atoms. The van der Waals surface area contributed by atoms with Gasteiger partial charge in [0.25, 0.3) is 0 Å². The lowest BCUT2D eigenvalue weighted by Gasteiger charge is -2.28. The predicted octanol–water partition coefficient (Wildman–Crippen LogP) is 2.93. The lowest BCUT2D eigenvalue weighted by molar-refractivity contribution is -0.121. The van der Waals surface area contributed by atoms with Gasteiger partial charge in [-0.1, -0.05) is 32.3 Å². The zero-order chi connectivity index (χ0) is 13.5. The molecule has 1 aliphatic carbocycles. The molecule has 0 aromatic heterocycles. The minimum absolute atomic E-state index is 0.108. The highest BCUT2D eigenvalue weighted by Gasteiger charge is 2.34. The first kappa shape index (κ1) is 14.5. The van der Waals surface area contributed by atoms with Gasteiger partial charge in [0.1, 0.15) is 5.92 Å². The van der Waals surface area contributed by atoms with Crippen molar-refractivity contribution in [2.45, 2.75) is 45.4 Å². The number of primary amides is 1. The van der Waals surface area contributed by atoms with Crippen molar-refractivity contribution in [3.8, 4) is 6.07 Å². The molecule has 2 unspecified atom stereocenters. The summed E-state index contributed by atoms with van der Waals surface area (Å²) in [5.74, 6) is -1.02. The van der Waals surface area contributed by atoms with Crippen molar-refractivity contribution >= 4 is 5.91 Å². The second-order valence-corrected chi connectivity index (χ2v) is 5.15. The molecule has 0 aliphatic heterocycles. The van der Waals surface area contributed by atoms with Crippen LogP contribution in [0.3, 0.4) is 0 Å². The van der Waals surface area contributed by atoms with Crippen LogP contribution >= 0.6 is 0 Å². The Bertz CT molecular complexity index is 380. The fourth-order valence-corrected chi connectivity index (χ4v) is 2.98. The van der Waals surface area contributed by atoms with Crippen molar-refractivity contribution in [2.75, 3.05) is 0 Å². The highest BCUT2D eigenvalue weighted by Crippen LogP contribution is 2.36. The summed E-state index contributed by atoms with van der Waals surface area (Å²) >= 11 is 0. The molecule has 3 heteroatoms. The van der Waals surface area contributed by atoms with Crippen LogP contribution in [-0.4, -0.2) is 5.91 Å². The summed E-state index contributed by atoms with van der Waals surface area (Å²) in [5, 5.41) is 9.20. The number of nitriles is 1. The third-order valence-electron chi connectivity index (χ3n) is 3.99. The van der Waals surface area contributed by atoms with Crippen LogP contribution in [0.1, 0.15) is 45.4 Å². The summed E-state index contributed by atoms with van der Waals surface area (Å²) in [6, 6.07) is 2.07. The molecule has 1 aliphatic rings. The molecule has 1 amide bonds. The molecule has 0 heterocycles. The van der Waals surface area contributed by atoms with Crippen molar-refractivity contribution in [3.63, 3.8) is 0 Å².